The summed E-state index contributed by atoms with van der Waals surface area (Å²) in [5.41, 5.74) is 0. The Bertz CT molecular complexity index is 983. The van der Waals surface area contributed by atoms with Crippen LogP contribution in [-0.2, 0) is 23.7 Å². The predicted molar refractivity (Wildman–Crippen MR) is 238 cm³/mol. The quantitative estimate of drug-likeness (QED) is 0.0270. The minimum Gasteiger partial charge on any atom is -0.457 e. The highest BCUT2D eigenvalue weighted by Gasteiger charge is 2.44. The van der Waals surface area contributed by atoms with Crippen LogP contribution in [0.4, 0.5) is 0 Å². The molecule has 9 nitrogen and oxygen atoms in total. The van der Waals surface area contributed by atoms with Gasteiger partial charge >= 0.3 is 5.97 Å². The Kier molecular flexibility index (Phi) is 38.3. The zero-order chi connectivity index (χ0) is 42.2. The van der Waals surface area contributed by atoms with Gasteiger partial charge in [0.15, 0.2) is 6.29 Å². The lowest BCUT2D eigenvalue weighted by atomic mass is 9.99. The van der Waals surface area contributed by atoms with E-state index in [1.165, 1.54) is 128 Å². The first kappa shape index (κ1) is 54.4. The largest absolute Gasteiger partial charge is 0.457 e. The van der Waals surface area contributed by atoms with Crippen LogP contribution in [0.1, 0.15) is 206 Å². The zero-order valence-electron chi connectivity index (χ0n) is 37.3. The first-order chi connectivity index (χ1) is 28.4. The molecule has 0 aliphatic carbocycles. The number of esters is 1. The fourth-order valence-electron chi connectivity index (χ4n) is 7.26. The van der Waals surface area contributed by atoms with E-state index >= 15 is 0 Å². The fraction of sp³-hybridized carbons (Fsp3) is 0.857. The Morgan fingerprint density at radius 1 is 0.552 bits per heavy atom. The molecule has 1 aliphatic rings. The molecule has 6 unspecified atom stereocenters. The van der Waals surface area contributed by atoms with Crippen molar-refractivity contribution in [1.82, 2.24) is 0 Å². The van der Waals surface area contributed by atoms with E-state index in [1.807, 2.05) is 0 Å². The van der Waals surface area contributed by atoms with Crippen LogP contribution < -0.4 is 0 Å². The molecule has 0 saturated carbocycles. The predicted octanol–water partition coefficient (Wildman–Crippen LogP) is 11.1. The highest BCUT2D eigenvalue weighted by atomic mass is 16.7. The fourth-order valence-corrected chi connectivity index (χ4v) is 7.26. The molecule has 0 radical (unpaired) electrons. The normalized spacial score (nSPS) is 20.6. The summed E-state index contributed by atoms with van der Waals surface area (Å²) >= 11 is 0. The summed E-state index contributed by atoms with van der Waals surface area (Å²) in [5.74, 6) is -0.315. The first-order valence-electron chi connectivity index (χ1n) is 24.1. The minimum atomic E-state index is -1.54. The standard InChI is InChI=1S/C49H90O9/c1-3-5-7-9-11-13-15-17-19-20-21-22-23-25-27-29-31-33-35-37-39-55-41-43(42-56-49-48(54)47(53)46(52)44(40-50)58-49)57-45(51)38-36-34-32-30-28-26-24-18-16-14-12-10-8-6-4-2/h11,13,17,19,21-22,43-44,46-50,52-54H,3-10,12,14-16,18,20,23-42H2,1-2H3/b13-11-,19-17-,22-21-. The second-order valence-electron chi connectivity index (χ2n) is 16.6. The average Bonchev–Trinajstić information content (AvgIpc) is 3.22. The van der Waals surface area contributed by atoms with E-state index in [2.05, 4.69) is 50.3 Å². The molecule has 9 heteroatoms. The van der Waals surface area contributed by atoms with Crippen molar-refractivity contribution in [3.63, 3.8) is 0 Å². The van der Waals surface area contributed by atoms with E-state index in [4.69, 9.17) is 18.9 Å². The molecule has 1 rings (SSSR count). The second-order valence-corrected chi connectivity index (χ2v) is 16.6. The summed E-state index contributed by atoms with van der Waals surface area (Å²) in [6.45, 7) is 4.53. The second kappa shape index (κ2) is 40.8. The van der Waals surface area contributed by atoms with E-state index in [-0.39, 0.29) is 19.2 Å². The maximum atomic E-state index is 12.8. The Morgan fingerprint density at radius 2 is 1.00 bits per heavy atom. The van der Waals surface area contributed by atoms with Crippen molar-refractivity contribution in [2.24, 2.45) is 0 Å². The van der Waals surface area contributed by atoms with E-state index in [0.717, 1.165) is 57.8 Å². The van der Waals surface area contributed by atoms with E-state index in [9.17, 15) is 25.2 Å². The molecule has 0 spiro atoms. The number of aliphatic hydroxyl groups is 4. The van der Waals surface area contributed by atoms with Gasteiger partial charge in [-0.15, -0.1) is 0 Å². The SMILES string of the molecule is CCCCC/C=C\C/C=C\C/C=C\CCCCCCCCCOCC(COC1OC(CO)C(O)C(O)C1O)OC(=O)CCCCCCCCCCCCCCCCC. The number of carbonyl (C=O) groups excluding carboxylic acids is 1. The lowest BCUT2D eigenvalue weighted by Crippen LogP contribution is -2.59. The molecule has 0 aromatic rings. The van der Waals surface area contributed by atoms with Crippen LogP contribution in [0, 0.1) is 0 Å². The number of aliphatic hydroxyl groups excluding tert-OH is 4. The molecule has 1 aliphatic heterocycles. The number of hydrogen-bond donors (Lipinski definition) is 4. The van der Waals surface area contributed by atoms with Crippen LogP contribution >= 0.6 is 0 Å². The van der Waals surface area contributed by atoms with Gasteiger partial charge in [0.1, 0.15) is 30.5 Å². The maximum Gasteiger partial charge on any atom is 0.306 e. The maximum absolute atomic E-state index is 12.8. The van der Waals surface area contributed by atoms with Gasteiger partial charge in [0.05, 0.1) is 19.8 Å². The monoisotopic (exact) mass is 823 g/mol. The lowest BCUT2D eigenvalue weighted by molar-refractivity contribution is -0.305. The van der Waals surface area contributed by atoms with Gasteiger partial charge in [0, 0.05) is 13.0 Å². The zero-order valence-corrected chi connectivity index (χ0v) is 37.3. The Labute approximate surface area is 355 Å². The van der Waals surface area contributed by atoms with E-state index in [0.29, 0.717) is 13.0 Å². The highest BCUT2D eigenvalue weighted by Crippen LogP contribution is 2.23. The molecule has 0 amide bonds. The third-order valence-electron chi connectivity index (χ3n) is 11.1. The summed E-state index contributed by atoms with van der Waals surface area (Å²) in [6.07, 6.45) is 41.7. The molecule has 0 aromatic heterocycles. The molecule has 0 aromatic carbocycles. The molecular formula is C49H90O9. The van der Waals surface area contributed by atoms with Gasteiger partial charge in [-0.05, 0) is 51.4 Å². The van der Waals surface area contributed by atoms with Crippen molar-refractivity contribution in [3.8, 4) is 0 Å². The van der Waals surface area contributed by atoms with E-state index in [1.54, 1.807) is 0 Å². The molecular weight excluding hydrogens is 733 g/mol. The number of rotatable bonds is 41. The average molecular weight is 823 g/mol. The van der Waals surface area contributed by atoms with Crippen molar-refractivity contribution in [3.05, 3.63) is 36.5 Å². The number of carbonyl (C=O) groups is 1. The van der Waals surface area contributed by atoms with Gasteiger partial charge < -0.3 is 39.4 Å². The Hall–Kier alpha value is -1.59. The first-order valence-corrected chi connectivity index (χ1v) is 24.1. The number of unbranched alkanes of at least 4 members (excludes halogenated alkanes) is 24. The van der Waals surface area contributed by atoms with Crippen LogP contribution in [0.3, 0.4) is 0 Å². The molecule has 58 heavy (non-hydrogen) atoms. The third kappa shape index (κ3) is 31.3. The molecule has 1 heterocycles. The summed E-state index contributed by atoms with van der Waals surface area (Å²) in [6, 6.07) is 0. The van der Waals surface area contributed by atoms with Crippen LogP contribution in [0.2, 0.25) is 0 Å². The van der Waals surface area contributed by atoms with Crippen LogP contribution in [-0.4, -0.2) is 89.6 Å². The molecule has 0 bridgehead atoms. The molecule has 1 fully saturated rings. The summed E-state index contributed by atoms with van der Waals surface area (Å²) in [5, 5.41) is 40.2. The topological polar surface area (TPSA) is 135 Å². The van der Waals surface area contributed by atoms with E-state index < -0.39 is 43.4 Å². The van der Waals surface area contributed by atoms with Gasteiger partial charge in [-0.2, -0.15) is 0 Å². The van der Waals surface area contributed by atoms with Crippen LogP contribution in [0.15, 0.2) is 36.5 Å². The Morgan fingerprint density at radius 3 is 1.53 bits per heavy atom. The summed E-state index contributed by atoms with van der Waals surface area (Å²) in [7, 11) is 0. The third-order valence-corrected chi connectivity index (χ3v) is 11.1. The van der Waals surface area contributed by atoms with Crippen molar-refractivity contribution >= 4 is 5.97 Å². The highest BCUT2D eigenvalue weighted by molar-refractivity contribution is 5.69. The number of allylic oxidation sites excluding steroid dienone is 6. The summed E-state index contributed by atoms with van der Waals surface area (Å²) < 4.78 is 22.8. The molecule has 1 saturated heterocycles. The Balaban J connectivity index is 2.24. The van der Waals surface area contributed by atoms with Gasteiger partial charge in [0.25, 0.3) is 0 Å². The van der Waals surface area contributed by atoms with Crippen molar-refractivity contribution in [1.29, 1.82) is 0 Å². The molecule has 4 N–H and O–H groups in total. The number of ether oxygens (including phenoxy) is 4. The van der Waals surface area contributed by atoms with Crippen molar-refractivity contribution < 1.29 is 44.2 Å². The summed E-state index contributed by atoms with van der Waals surface area (Å²) in [4.78, 5) is 12.8. The van der Waals surface area contributed by atoms with Gasteiger partial charge in [-0.1, -0.05) is 185 Å². The molecule has 340 valence electrons. The van der Waals surface area contributed by atoms with Crippen LogP contribution in [0.5, 0.6) is 0 Å². The number of hydrogen-bond acceptors (Lipinski definition) is 9. The van der Waals surface area contributed by atoms with Crippen molar-refractivity contribution in [2.45, 2.75) is 243 Å². The van der Waals surface area contributed by atoms with Crippen molar-refractivity contribution in [2.75, 3.05) is 26.4 Å². The van der Waals surface area contributed by atoms with Gasteiger partial charge in [0.2, 0.25) is 0 Å². The smallest absolute Gasteiger partial charge is 0.306 e. The van der Waals surface area contributed by atoms with Gasteiger partial charge in [-0.3, -0.25) is 4.79 Å². The van der Waals surface area contributed by atoms with Gasteiger partial charge in [-0.25, -0.2) is 0 Å². The van der Waals surface area contributed by atoms with Crippen LogP contribution in [0.25, 0.3) is 0 Å². The lowest BCUT2D eigenvalue weighted by Gasteiger charge is -2.39. The minimum absolute atomic E-state index is 0.115. The molecule has 6 atom stereocenters.